The van der Waals surface area contributed by atoms with E-state index >= 15 is 0 Å². The lowest BCUT2D eigenvalue weighted by Crippen LogP contribution is -2.33. The highest BCUT2D eigenvalue weighted by Gasteiger charge is 2.13. The van der Waals surface area contributed by atoms with E-state index in [9.17, 15) is 4.79 Å². The van der Waals surface area contributed by atoms with Crippen LogP contribution in [0.5, 0.6) is 0 Å². The molecule has 0 aliphatic rings. The van der Waals surface area contributed by atoms with Gasteiger partial charge in [0.1, 0.15) is 0 Å². The minimum atomic E-state index is 0.124. The summed E-state index contributed by atoms with van der Waals surface area (Å²) in [6.45, 7) is 2.72. The molecular formula is C17H24N4O. The van der Waals surface area contributed by atoms with E-state index in [-0.39, 0.29) is 11.9 Å². The van der Waals surface area contributed by atoms with Crippen LogP contribution in [0.25, 0.3) is 11.3 Å². The highest BCUT2D eigenvalue weighted by Crippen LogP contribution is 2.21. The summed E-state index contributed by atoms with van der Waals surface area (Å²) in [7, 11) is 5.49. The van der Waals surface area contributed by atoms with E-state index in [1.807, 2.05) is 43.0 Å². The number of hydrogen-bond donors (Lipinski definition) is 1. The second kappa shape index (κ2) is 7.22. The van der Waals surface area contributed by atoms with Crippen LogP contribution in [0.3, 0.4) is 0 Å². The average molecular weight is 300 g/mol. The zero-order valence-electron chi connectivity index (χ0n) is 13.7. The molecule has 1 heterocycles. The van der Waals surface area contributed by atoms with Crippen LogP contribution >= 0.6 is 0 Å². The molecule has 0 radical (unpaired) electrons. The quantitative estimate of drug-likeness (QED) is 0.888. The summed E-state index contributed by atoms with van der Waals surface area (Å²) >= 11 is 0. The van der Waals surface area contributed by atoms with Gasteiger partial charge in [0.15, 0.2) is 0 Å². The number of rotatable bonds is 6. The van der Waals surface area contributed by atoms with Crippen molar-refractivity contribution in [2.75, 3.05) is 14.1 Å². The fraction of sp³-hybridized carbons (Fsp3) is 0.412. The largest absolute Gasteiger partial charge is 0.349 e. The molecule has 0 spiro atoms. The van der Waals surface area contributed by atoms with E-state index in [4.69, 9.17) is 0 Å². The number of carbonyl (C=O) groups excluding carboxylic acids is 1. The third-order valence-electron chi connectivity index (χ3n) is 3.57. The topological polar surface area (TPSA) is 50.2 Å². The van der Waals surface area contributed by atoms with Gasteiger partial charge in [-0.2, -0.15) is 5.10 Å². The van der Waals surface area contributed by atoms with Gasteiger partial charge in [0, 0.05) is 57.5 Å². The molecule has 2 aromatic rings. The Bertz CT molecular complexity index is 619. The first-order valence-corrected chi connectivity index (χ1v) is 7.49. The van der Waals surface area contributed by atoms with Crippen molar-refractivity contribution in [2.45, 2.75) is 25.9 Å². The summed E-state index contributed by atoms with van der Waals surface area (Å²) in [5, 5.41) is 7.96. The van der Waals surface area contributed by atoms with Crippen molar-refractivity contribution in [1.82, 2.24) is 20.0 Å². The average Bonchev–Trinajstić information content (AvgIpc) is 2.87. The van der Waals surface area contributed by atoms with Gasteiger partial charge in [0.05, 0.1) is 5.69 Å². The Kier molecular flexibility index (Phi) is 5.33. The Hall–Kier alpha value is -2.14. The van der Waals surface area contributed by atoms with E-state index in [2.05, 4.69) is 22.5 Å². The molecule has 1 amide bonds. The van der Waals surface area contributed by atoms with Gasteiger partial charge in [-0.25, -0.2) is 0 Å². The van der Waals surface area contributed by atoms with Crippen LogP contribution in [0.15, 0.2) is 36.5 Å². The molecule has 0 saturated heterocycles. The minimum Gasteiger partial charge on any atom is -0.349 e. The number of nitrogens with one attached hydrogen (secondary N) is 1. The van der Waals surface area contributed by atoms with Gasteiger partial charge in [-0.3, -0.25) is 9.48 Å². The highest BCUT2D eigenvalue weighted by molar-refractivity contribution is 5.76. The lowest BCUT2D eigenvalue weighted by atomic mass is 10.1. The van der Waals surface area contributed by atoms with Crippen LogP contribution < -0.4 is 5.32 Å². The van der Waals surface area contributed by atoms with Crippen LogP contribution in [0, 0.1) is 0 Å². The summed E-state index contributed by atoms with van der Waals surface area (Å²) in [5.41, 5.74) is 3.23. The maximum absolute atomic E-state index is 11.7. The van der Waals surface area contributed by atoms with Crippen molar-refractivity contribution >= 4 is 5.91 Å². The predicted molar refractivity (Wildman–Crippen MR) is 88.3 cm³/mol. The number of hydrogen-bond acceptors (Lipinski definition) is 3. The molecule has 0 aliphatic carbocycles. The van der Waals surface area contributed by atoms with Crippen LogP contribution in [0.2, 0.25) is 0 Å². The van der Waals surface area contributed by atoms with Crippen molar-refractivity contribution < 1.29 is 4.79 Å². The zero-order chi connectivity index (χ0) is 16.1. The Labute approximate surface area is 131 Å². The molecule has 1 aromatic carbocycles. The molecule has 5 heteroatoms. The number of amides is 1. The Morgan fingerprint density at radius 1 is 1.32 bits per heavy atom. The number of aryl methyl sites for hydroxylation is 1. The molecule has 22 heavy (non-hydrogen) atoms. The Balaban J connectivity index is 2.03. The molecular weight excluding hydrogens is 276 g/mol. The summed E-state index contributed by atoms with van der Waals surface area (Å²) < 4.78 is 1.83. The SMILES string of the molecule is C[C@H](CC(=O)N(C)C)NCc1cn(C)nc1-c1ccccc1. The number of aromatic nitrogens is 2. The molecule has 5 nitrogen and oxygen atoms in total. The second-order valence-electron chi connectivity index (χ2n) is 5.82. The molecule has 0 aliphatic heterocycles. The van der Waals surface area contributed by atoms with Gasteiger partial charge >= 0.3 is 0 Å². The maximum atomic E-state index is 11.7. The third-order valence-corrected chi connectivity index (χ3v) is 3.57. The Morgan fingerprint density at radius 3 is 2.64 bits per heavy atom. The number of benzene rings is 1. The minimum absolute atomic E-state index is 0.124. The molecule has 1 atom stereocenters. The number of nitrogens with zero attached hydrogens (tertiary/aromatic N) is 3. The maximum Gasteiger partial charge on any atom is 0.223 e. The fourth-order valence-electron chi connectivity index (χ4n) is 2.31. The van der Waals surface area contributed by atoms with Crippen molar-refractivity contribution in [3.8, 4) is 11.3 Å². The zero-order valence-corrected chi connectivity index (χ0v) is 13.7. The second-order valence-corrected chi connectivity index (χ2v) is 5.82. The summed E-state index contributed by atoms with van der Waals surface area (Å²) in [5.74, 6) is 0.134. The van der Waals surface area contributed by atoms with E-state index in [1.165, 1.54) is 0 Å². The van der Waals surface area contributed by atoms with E-state index < -0.39 is 0 Å². The van der Waals surface area contributed by atoms with Crippen LogP contribution in [0.1, 0.15) is 18.9 Å². The lowest BCUT2D eigenvalue weighted by molar-refractivity contribution is -0.129. The lowest BCUT2D eigenvalue weighted by Gasteiger charge is -2.16. The Morgan fingerprint density at radius 2 is 2.00 bits per heavy atom. The molecule has 118 valence electrons. The van der Waals surface area contributed by atoms with Crippen LogP contribution in [0.4, 0.5) is 0 Å². The standard InChI is InChI=1S/C17H24N4O/c1-13(10-16(22)20(2)3)18-11-15-12-21(4)19-17(15)14-8-6-5-7-9-14/h5-9,12-13,18H,10-11H2,1-4H3/t13-/m1/s1. The molecule has 0 saturated carbocycles. The molecule has 0 fully saturated rings. The fourth-order valence-corrected chi connectivity index (χ4v) is 2.31. The van der Waals surface area contributed by atoms with Gasteiger partial charge in [-0.05, 0) is 6.92 Å². The van der Waals surface area contributed by atoms with Crippen molar-refractivity contribution in [3.63, 3.8) is 0 Å². The molecule has 2 rings (SSSR count). The predicted octanol–water partition coefficient (Wildman–Crippen LogP) is 2.04. The van der Waals surface area contributed by atoms with Gasteiger partial charge in [-0.15, -0.1) is 0 Å². The first kappa shape index (κ1) is 16.2. The molecule has 0 bridgehead atoms. The first-order valence-electron chi connectivity index (χ1n) is 7.49. The monoisotopic (exact) mass is 300 g/mol. The van der Waals surface area contributed by atoms with E-state index in [0.29, 0.717) is 13.0 Å². The van der Waals surface area contributed by atoms with Crippen molar-refractivity contribution in [1.29, 1.82) is 0 Å². The molecule has 1 N–H and O–H groups in total. The molecule has 1 aromatic heterocycles. The number of carbonyl (C=O) groups is 1. The van der Waals surface area contributed by atoms with Crippen molar-refractivity contribution in [3.05, 3.63) is 42.1 Å². The smallest absolute Gasteiger partial charge is 0.223 e. The van der Waals surface area contributed by atoms with Gasteiger partial charge in [0.25, 0.3) is 0 Å². The normalized spacial score (nSPS) is 12.2. The third kappa shape index (κ3) is 4.18. The molecule has 0 unspecified atom stereocenters. The van der Waals surface area contributed by atoms with E-state index in [0.717, 1.165) is 16.8 Å². The summed E-state index contributed by atoms with van der Waals surface area (Å²) in [6, 6.07) is 10.3. The summed E-state index contributed by atoms with van der Waals surface area (Å²) in [6.07, 6.45) is 2.52. The van der Waals surface area contributed by atoms with Crippen molar-refractivity contribution in [2.24, 2.45) is 7.05 Å². The van der Waals surface area contributed by atoms with E-state index in [1.54, 1.807) is 19.0 Å². The highest BCUT2D eigenvalue weighted by atomic mass is 16.2. The summed E-state index contributed by atoms with van der Waals surface area (Å²) in [4.78, 5) is 13.3. The van der Waals surface area contributed by atoms with Gasteiger partial charge < -0.3 is 10.2 Å². The van der Waals surface area contributed by atoms with Gasteiger partial charge in [0.2, 0.25) is 5.91 Å². The van der Waals surface area contributed by atoms with Crippen LogP contribution in [-0.2, 0) is 18.4 Å². The van der Waals surface area contributed by atoms with Crippen LogP contribution in [-0.4, -0.2) is 40.7 Å². The van der Waals surface area contributed by atoms with Gasteiger partial charge in [-0.1, -0.05) is 30.3 Å². The first-order chi connectivity index (χ1) is 10.5.